The molecule has 1 aromatic carbocycles. The summed E-state index contributed by atoms with van der Waals surface area (Å²) in [5.41, 5.74) is 0.173. The molecule has 1 unspecified atom stereocenters. The lowest BCUT2D eigenvalue weighted by atomic mass is 10.1. The Morgan fingerprint density at radius 2 is 2.00 bits per heavy atom. The van der Waals surface area contributed by atoms with Crippen LogP contribution in [0.2, 0.25) is 0 Å². The highest BCUT2D eigenvalue weighted by atomic mass is 79.9. The van der Waals surface area contributed by atoms with Gasteiger partial charge in [-0.25, -0.2) is 8.78 Å². The van der Waals surface area contributed by atoms with E-state index in [1.165, 1.54) is 6.07 Å². The minimum absolute atomic E-state index is 0.173. The topological polar surface area (TPSA) is 37.3 Å². The first-order valence-corrected chi connectivity index (χ1v) is 4.25. The Hall–Kier alpha value is -0.970. The van der Waals surface area contributed by atoms with E-state index in [0.29, 0.717) is 0 Å². The zero-order valence-electron chi connectivity index (χ0n) is 6.30. The first-order chi connectivity index (χ1) is 6.02. The van der Waals surface area contributed by atoms with Gasteiger partial charge in [-0.3, -0.25) is 4.79 Å². The molecule has 0 aliphatic rings. The lowest BCUT2D eigenvalue weighted by Crippen LogP contribution is -2.04. The molecule has 0 heterocycles. The number of rotatable bonds is 2. The molecule has 70 valence electrons. The number of alkyl halides is 1. The third kappa shape index (κ3) is 2.24. The number of carbonyl (C=O) groups is 1. The number of benzene rings is 1. The molecule has 0 aliphatic heterocycles. The van der Waals surface area contributed by atoms with Crippen LogP contribution in [-0.2, 0) is 4.79 Å². The summed E-state index contributed by atoms with van der Waals surface area (Å²) in [7, 11) is 0. The number of aliphatic carboxylic acids is 1. The average Bonchev–Trinajstić information content (AvgIpc) is 2.08. The van der Waals surface area contributed by atoms with Gasteiger partial charge in [0.1, 0.15) is 4.83 Å². The highest BCUT2D eigenvalue weighted by Crippen LogP contribution is 2.24. The molecule has 0 saturated carbocycles. The van der Waals surface area contributed by atoms with Crippen LogP contribution < -0.4 is 0 Å². The summed E-state index contributed by atoms with van der Waals surface area (Å²) in [6.07, 6.45) is 0. The molecule has 0 aromatic heterocycles. The van der Waals surface area contributed by atoms with Crippen LogP contribution in [0, 0.1) is 11.6 Å². The van der Waals surface area contributed by atoms with E-state index in [1.54, 1.807) is 0 Å². The summed E-state index contributed by atoms with van der Waals surface area (Å²) in [4.78, 5) is 9.42. The van der Waals surface area contributed by atoms with E-state index in [0.717, 1.165) is 12.1 Å². The van der Waals surface area contributed by atoms with Gasteiger partial charge in [-0.1, -0.05) is 22.0 Å². The van der Waals surface area contributed by atoms with Crippen molar-refractivity contribution in [1.82, 2.24) is 0 Å². The van der Waals surface area contributed by atoms with Crippen LogP contribution in [0.15, 0.2) is 18.2 Å². The first kappa shape index (κ1) is 10.1. The Morgan fingerprint density at radius 3 is 2.46 bits per heavy atom. The Morgan fingerprint density at radius 1 is 1.38 bits per heavy atom. The van der Waals surface area contributed by atoms with Gasteiger partial charge in [0.15, 0.2) is 11.6 Å². The number of carboxylic acids is 1. The van der Waals surface area contributed by atoms with E-state index in [2.05, 4.69) is 15.9 Å². The van der Waals surface area contributed by atoms with Crippen molar-refractivity contribution in [3.05, 3.63) is 35.4 Å². The van der Waals surface area contributed by atoms with E-state index < -0.39 is 22.4 Å². The van der Waals surface area contributed by atoms with Gasteiger partial charge >= 0.3 is 5.97 Å². The van der Waals surface area contributed by atoms with Crippen molar-refractivity contribution >= 4 is 21.9 Å². The van der Waals surface area contributed by atoms with Gasteiger partial charge in [0.05, 0.1) is 0 Å². The van der Waals surface area contributed by atoms with Crippen molar-refractivity contribution in [3.63, 3.8) is 0 Å². The normalized spacial score (nSPS) is 12.5. The molecule has 0 saturated heterocycles. The average molecular weight is 251 g/mol. The number of halogens is 3. The molecular weight excluding hydrogens is 246 g/mol. The molecule has 1 aromatic rings. The fraction of sp³-hybridized carbons (Fsp3) is 0.125. The molecule has 0 amide bonds. The highest BCUT2D eigenvalue weighted by Gasteiger charge is 2.16. The Kier molecular flexibility index (Phi) is 2.98. The molecule has 2 nitrogen and oxygen atoms in total. The SMILES string of the molecule is O=C(O)C(Br)c1ccc(F)c(F)c1. The second kappa shape index (κ2) is 3.83. The largest absolute Gasteiger partial charge is 0.480 e. The monoisotopic (exact) mass is 250 g/mol. The predicted molar refractivity (Wildman–Crippen MR) is 45.7 cm³/mol. The molecule has 5 heteroatoms. The van der Waals surface area contributed by atoms with Gasteiger partial charge in [0, 0.05) is 0 Å². The van der Waals surface area contributed by atoms with E-state index in [9.17, 15) is 13.6 Å². The zero-order valence-corrected chi connectivity index (χ0v) is 7.88. The smallest absolute Gasteiger partial charge is 0.321 e. The maximum absolute atomic E-state index is 12.6. The van der Waals surface area contributed by atoms with E-state index in [4.69, 9.17) is 5.11 Å². The lowest BCUT2D eigenvalue weighted by Gasteiger charge is -2.04. The third-order valence-electron chi connectivity index (χ3n) is 1.45. The molecule has 0 radical (unpaired) electrons. The highest BCUT2D eigenvalue weighted by molar-refractivity contribution is 9.09. The van der Waals surface area contributed by atoms with E-state index in [1.807, 2.05) is 0 Å². The van der Waals surface area contributed by atoms with Crippen molar-refractivity contribution in [2.45, 2.75) is 4.83 Å². The minimum atomic E-state index is -1.15. The molecular formula is C8H5BrF2O2. The molecule has 0 spiro atoms. The van der Waals surface area contributed by atoms with E-state index in [-0.39, 0.29) is 5.56 Å². The second-order valence-corrected chi connectivity index (χ2v) is 3.29. The van der Waals surface area contributed by atoms with Crippen LogP contribution in [0.5, 0.6) is 0 Å². The molecule has 0 aliphatic carbocycles. The summed E-state index contributed by atoms with van der Waals surface area (Å²) in [5.74, 6) is -3.19. The maximum Gasteiger partial charge on any atom is 0.321 e. The number of hydrogen-bond donors (Lipinski definition) is 1. The van der Waals surface area contributed by atoms with Crippen LogP contribution in [0.3, 0.4) is 0 Å². The molecule has 13 heavy (non-hydrogen) atoms. The quantitative estimate of drug-likeness (QED) is 0.820. The van der Waals surface area contributed by atoms with Gasteiger partial charge in [0.25, 0.3) is 0 Å². The fourth-order valence-corrected chi connectivity index (χ4v) is 1.10. The Bertz CT molecular complexity index is 341. The standard InChI is InChI=1S/C8H5BrF2O2/c9-7(8(12)13)4-1-2-5(10)6(11)3-4/h1-3,7H,(H,12,13). The van der Waals surface area contributed by atoms with Crippen LogP contribution in [-0.4, -0.2) is 11.1 Å². The van der Waals surface area contributed by atoms with Gasteiger partial charge < -0.3 is 5.11 Å². The van der Waals surface area contributed by atoms with Crippen molar-refractivity contribution in [3.8, 4) is 0 Å². The molecule has 0 fully saturated rings. The summed E-state index contributed by atoms with van der Waals surface area (Å²) < 4.78 is 25.0. The Labute approximate surface area is 81.3 Å². The summed E-state index contributed by atoms with van der Waals surface area (Å²) in [5, 5.41) is 8.53. The maximum atomic E-state index is 12.6. The van der Waals surface area contributed by atoms with Crippen LogP contribution in [0.4, 0.5) is 8.78 Å². The van der Waals surface area contributed by atoms with Crippen molar-refractivity contribution in [1.29, 1.82) is 0 Å². The molecule has 1 rings (SSSR count). The summed E-state index contributed by atoms with van der Waals surface area (Å²) >= 11 is 2.82. The molecule has 0 bridgehead atoms. The molecule has 1 atom stereocenters. The Balaban J connectivity index is 3.03. The minimum Gasteiger partial charge on any atom is -0.480 e. The molecule has 1 N–H and O–H groups in total. The predicted octanol–water partition coefficient (Wildman–Crippen LogP) is 2.49. The summed E-state index contributed by atoms with van der Waals surface area (Å²) in [6, 6.07) is 2.96. The zero-order chi connectivity index (χ0) is 10.0. The van der Waals surface area contributed by atoms with E-state index >= 15 is 0 Å². The first-order valence-electron chi connectivity index (χ1n) is 3.34. The number of hydrogen-bond acceptors (Lipinski definition) is 1. The second-order valence-electron chi connectivity index (χ2n) is 2.37. The number of carboxylic acid groups (broad SMARTS) is 1. The summed E-state index contributed by atoms with van der Waals surface area (Å²) in [6.45, 7) is 0. The van der Waals surface area contributed by atoms with Crippen LogP contribution >= 0.6 is 15.9 Å². The lowest BCUT2D eigenvalue weighted by molar-refractivity contribution is -0.136. The van der Waals surface area contributed by atoms with Crippen LogP contribution in [0.1, 0.15) is 10.4 Å². The van der Waals surface area contributed by atoms with Crippen molar-refractivity contribution in [2.24, 2.45) is 0 Å². The van der Waals surface area contributed by atoms with Gasteiger partial charge in [-0.05, 0) is 17.7 Å². The van der Waals surface area contributed by atoms with Gasteiger partial charge in [-0.2, -0.15) is 0 Å². The third-order valence-corrected chi connectivity index (χ3v) is 2.37. The van der Waals surface area contributed by atoms with Crippen molar-refractivity contribution in [2.75, 3.05) is 0 Å². The van der Waals surface area contributed by atoms with Gasteiger partial charge in [0.2, 0.25) is 0 Å². The van der Waals surface area contributed by atoms with Crippen molar-refractivity contribution < 1.29 is 18.7 Å². The van der Waals surface area contributed by atoms with Gasteiger partial charge in [-0.15, -0.1) is 0 Å². The fourth-order valence-electron chi connectivity index (χ4n) is 0.813. The van der Waals surface area contributed by atoms with Crippen LogP contribution in [0.25, 0.3) is 0 Å².